The van der Waals surface area contributed by atoms with Crippen molar-refractivity contribution < 1.29 is 24.2 Å². The molecule has 1 amide bonds. The van der Waals surface area contributed by atoms with Gasteiger partial charge in [0.25, 0.3) is 5.91 Å². The lowest BCUT2D eigenvalue weighted by atomic mass is 9.97. The number of phenols is 1. The van der Waals surface area contributed by atoms with Crippen molar-refractivity contribution in [1.82, 2.24) is 5.01 Å². The monoisotopic (exact) mass is 495 g/mol. The number of hydrazone groups is 1. The van der Waals surface area contributed by atoms with Crippen LogP contribution in [0.25, 0.3) is 10.8 Å². The minimum atomic E-state index is -0.805. The summed E-state index contributed by atoms with van der Waals surface area (Å²) in [5.74, 6) is -0.714. The number of nitrogens with two attached hydrogens (primary N) is 1. The average molecular weight is 496 g/mol. The molecular weight excluding hydrogens is 470 g/mol. The van der Waals surface area contributed by atoms with Crippen molar-refractivity contribution in [2.24, 2.45) is 5.10 Å². The van der Waals surface area contributed by atoms with Gasteiger partial charge in [-0.2, -0.15) is 5.10 Å². The summed E-state index contributed by atoms with van der Waals surface area (Å²) in [6, 6.07) is 25.1. The number of amides is 1. The fourth-order valence-electron chi connectivity index (χ4n) is 4.36. The molecule has 186 valence electrons. The molecule has 37 heavy (non-hydrogen) atoms. The zero-order chi connectivity index (χ0) is 25.9. The number of ether oxygens (including phenoxy) is 2. The Morgan fingerprint density at radius 1 is 1.00 bits per heavy atom. The van der Waals surface area contributed by atoms with Gasteiger partial charge in [0.2, 0.25) is 0 Å². The highest BCUT2D eigenvalue weighted by atomic mass is 16.5. The van der Waals surface area contributed by atoms with Crippen molar-refractivity contribution in [1.29, 1.82) is 0 Å². The summed E-state index contributed by atoms with van der Waals surface area (Å²) in [6.07, 6.45) is 0.490. The number of hydrogen-bond donors (Lipinski definition) is 2. The van der Waals surface area contributed by atoms with Crippen LogP contribution in [0.4, 0.5) is 5.69 Å². The van der Waals surface area contributed by atoms with Gasteiger partial charge in [-0.25, -0.2) is 9.80 Å². The van der Waals surface area contributed by atoms with E-state index in [1.54, 1.807) is 7.11 Å². The highest BCUT2D eigenvalue weighted by Crippen LogP contribution is 2.34. The lowest BCUT2D eigenvalue weighted by Crippen LogP contribution is -2.31. The Labute approximate surface area is 213 Å². The Morgan fingerprint density at radius 2 is 1.76 bits per heavy atom. The van der Waals surface area contributed by atoms with Crippen molar-refractivity contribution in [3.05, 3.63) is 102 Å². The van der Waals surface area contributed by atoms with Crippen LogP contribution < -0.4 is 10.5 Å². The van der Waals surface area contributed by atoms with E-state index >= 15 is 0 Å². The summed E-state index contributed by atoms with van der Waals surface area (Å²) < 4.78 is 10.5. The van der Waals surface area contributed by atoms with E-state index in [1.165, 1.54) is 23.2 Å². The highest BCUT2D eigenvalue weighted by Gasteiger charge is 2.34. The van der Waals surface area contributed by atoms with Gasteiger partial charge in [-0.15, -0.1) is 0 Å². The zero-order valence-corrected chi connectivity index (χ0v) is 20.1. The van der Waals surface area contributed by atoms with Crippen LogP contribution in [0.1, 0.15) is 33.9 Å². The molecule has 0 spiro atoms. The van der Waals surface area contributed by atoms with Crippen LogP contribution in [0.3, 0.4) is 0 Å². The Hall–Kier alpha value is -4.85. The van der Waals surface area contributed by atoms with Gasteiger partial charge in [0, 0.05) is 12.1 Å². The summed E-state index contributed by atoms with van der Waals surface area (Å²) >= 11 is 0. The lowest BCUT2D eigenvalue weighted by molar-refractivity contribution is -0.136. The highest BCUT2D eigenvalue weighted by molar-refractivity contribution is 6.05. The fraction of sp³-hybridized carbons (Fsp3) is 0.138. The molecule has 5 rings (SSSR count). The van der Waals surface area contributed by atoms with Gasteiger partial charge in [0.15, 0.2) is 6.61 Å². The first-order valence-electron chi connectivity index (χ1n) is 11.7. The number of esters is 1. The van der Waals surface area contributed by atoms with Gasteiger partial charge in [-0.05, 0) is 58.3 Å². The average Bonchev–Trinajstić information content (AvgIpc) is 3.38. The van der Waals surface area contributed by atoms with E-state index in [1.807, 2.05) is 60.7 Å². The molecule has 3 N–H and O–H groups in total. The molecule has 0 aliphatic carbocycles. The third kappa shape index (κ3) is 4.95. The van der Waals surface area contributed by atoms with E-state index in [4.69, 9.17) is 15.2 Å². The molecule has 0 bridgehead atoms. The van der Waals surface area contributed by atoms with Crippen molar-refractivity contribution in [3.8, 4) is 11.5 Å². The molecule has 1 heterocycles. The topological polar surface area (TPSA) is 114 Å². The number of nitrogen functional groups attached to an aromatic ring is 1. The van der Waals surface area contributed by atoms with Crippen LogP contribution in [-0.2, 0) is 9.53 Å². The summed E-state index contributed by atoms with van der Waals surface area (Å²) in [4.78, 5) is 25.8. The first-order valence-corrected chi connectivity index (χ1v) is 11.7. The molecule has 0 saturated carbocycles. The number of rotatable bonds is 6. The van der Waals surface area contributed by atoms with Crippen LogP contribution in [0.15, 0.2) is 90.0 Å². The van der Waals surface area contributed by atoms with Gasteiger partial charge in [0.1, 0.15) is 11.5 Å². The minimum Gasteiger partial charge on any atom is -0.508 e. The van der Waals surface area contributed by atoms with Crippen LogP contribution in [0.2, 0.25) is 0 Å². The third-order valence-corrected chi connectivity index (χ3v) is 6.33. The predicted molar refractivity (Wildman–Crippen MR) is 140 cm³/mol. The SMILES string of the molecule is COc1ccc(C2CC(c3ccc4ccccc4c3)=NN2C(=O)COC(=O)c2cc(O)ccc2N)cc1. The molecule has 1 atom stereocenters. The maximum absolute atomic E-state index is 13.3. The molecular formula is C29H25N3O5. The van der Waals surface area contributed by atoms with Crippen molar-refractivity contribution in [2.75, 3.05) is 19.5 Å². The van der Waals surface area contributed by atoms with Crippen LogP contribution in [0, 0.1) is 0 Å². The van der Waals surface area contributed by atoms with E-state index in [0.29, 0.717) is 12.2 Å². The summed E-state index contributed by atoms with van der Waals surface area (Å²) in [5, 5.41) is 17.9. The van der Waals surface area contributed by atoms with Gasteiger partial charge >= 0.3 is 5.97 Å². The Balaban J connectivity index is 1.41. The number of methoxy groups -OCH3 is 1. The minimum absolute atomic E-state index is 0.0127. The van der Waals surface area contributed by atoms with Gasteiger partial charge in [0.05, 0.1) is 24.4 Å². The smallest absolute Gasteiger partial charge is 0.340 e. The van der Waals surface area contributed by atoms with Crippen LogP contribution in [-0.4, -0.2) is 41.4 Å². The maximum atomic E-state index is 13.3. The van der Waals surface area contributed by atoms with Crippen LogP contribution in [0.5, 0.6) is 11.5 Å². The molecule has 8 heteroatoms. The van der Waals surface area contributed by atoms with Crippen molar-refractivity contribution in [3.63, 3.8) is 0 Å². The van der Waals surface area contributed by atoms with Gasteiger partial charge < -0.3 is 20.3 Å². The standard InChI is InChI=1S/C29H25N3O5/c1-36-23-11-8-19(9-12-23)27-16-26(21-7-6-18-4-2-3-5-20(18)14-21)31-32(27)28(34)17-37-29(35)24-15-22(33)10-13-25(24)30/h2-15,27,33H,16-17,30H2,1H3. The predicted octanol–water partition coefficient (Wildman–Crippen LogP) is 4.67. The fourth-order valence-corrected chi connectivity index (χ4v) is 4.36. The van der Waals surface area contributed by atoms with E-state index in [9.17, 15) is 14.7 Å². The summed E-state index contributed by atoms with van der Waals surface area (Å²) in [7, 11) is 1.59. The third-order valence-electron chi connectivity index (χ3n) is 6.33. The number of nitrogens with zero attached hydrogens (tertiary/aromatic N) is 2. The number of carbonyl (C=O) groups excluding carboxylic acids is 2. The molecule has 4 aromatic carbocycles. The number of phenolic OH excluding ortho intramolecular Hbond substituents is 1. The Morgan fingerprint density at radius 3 is 2.51 bits per heavy atom. The van der Waals surface area contributed by atoms with Crippen molar-refractivity contribution >= 4 is 34.0 Å². The molecule has 0 fully saturated rings. The number of benzene rings is 4. The van der Waals surface area contributed by atoms with Crippen molar-refractivity contribution in [2.45, 2.75) is 12.5 Å². The molecule has 0 radical (unpaired) electrons. The first kappa shape index (κ1) is 23.9. The van der Waals surface area contributed by atoms with Gasteiger partial charge in [-0.3, -0.25) is 4.79 Å². The van der Waals surface area contributed by atoms with E-state index in [0.717, 1.165) is 27.6 Å². The largest absolute Gasteiger partial charge is 0.508 e. The molecule has 0 saturated heterocycles. The summed E-state index contributed by atoms with van der Waals surface area (Å²) in [5.41, 5.74) is 8.49. The molecule has 8 nitrogen and oxygen atoms in total. The number of aromatic hydroxyl groups is 1. The number of carbonyl (C=O) groups is 2. The quantitative estimate of drug-likeness (QED) is 0.228. The number of fused-ring (bicyclic) bond motifs is 1. The summed E-state index contributed by atoms with van der Waals surface area (Å²) in [6.45, 7) is -0.533. The normalized spacial score (nSPS) is 14.9. The Bertz CT molecular complexity index is 1510. The van der Waals surface area contributed by atoms with Gasteiger partial charge in [-0.1, -0.05) is 48.5 Å². The first-order chi connectivity index (χ1) is 17.9. The molecule has 1 aliphatic rings. The maximum Gasteiger partial charge on any atom is 0.340 e. The zero-order valence-electron chi connectivity index (χ0n) is 20.1. The lowest BCUT2D eigenvalue weighted by Gasteiger charge is -2.22. The molecule has 0 aromatic heterocycles. The van der Waals surface area contributed by atoms with Crippen LogP contribution >= 0.6 is 0 Å². The van der Waals surface area contributed by atoms with E-state index in [2.05, 4.69) is 11.2 Å². The molecule has 4 aromatic rings. The van der Waals surface area contributed by atoms with E-state index < -0.39 is 18.5 Å². The molecule has 1 aliphatic heterocycles. The number of anilines is 1. The van der Waals surface area contributed by atoms with E-state index in [-0.39, 0.29) is 23.0 Å². The second-order valence-corrected chi connectivity index (χ2v) is 8.69. The second kappa shape index (κ2) is 10.0. The second-order valence-electron chi connectivity index (χ2n) is 8.69. The number of hydrogen-bond acceptors (Lipinski definition) is 7. The Kier molecular flexibility index (Phi) is 6.47. The molecule has 1 unspecified atom stereocenters.